The molecule has 0 aromatic carbocycles. The Morgan fingerprint density at radius 3 is 2.41 bits per heavy atom. The molecule has 1 saturated carbocycles. The van der Waals surface area contributed by atoms with Crippen LogP contribution < -0.4 is 9.64 Å². The Morgan fingerprint density at radius 2 is 1.94 bits per heavy atom. The predicted octanol–water partition coefficient (Wildman–Crippen LogP) is 2.99. The van der Waals surface area contributed by atoms with Crippen LogP contribution in [0.15, 0.2) is 12.3 Å². The van der Waals surface area contributed by atoms with E-state index in [1.165, 1.54) is 12.8 Å². The van der Waals surface area contributed by atoms with Crippen LogP contribution >= 0.6 is 0 Å². The third kappa shape index (κ3) is 2.71. The highest BCUT2D eigenvalue weighted by Gasteiger charge is 2.28. The fourth-order valence-corrected chi connectivity index (χ4v) is 1.88. The van der Waals surface area contributed by atoms with E-state index in [1.807, 2.05) is 26.4 Å². The van der Waals surface area contributed by atoms with Crippen LogP contribution in [-0.4, -0.2) is 25.2 Å². The second-order valence-corrected chi connectivity index (χ2v) is 5.97. The van der Waals surface area contributed by atoms with E-state index in [0.717, 1.165) is 17.1 Å². The van der Waals surface area contributed by atoms with E-state index in [0.29, 0.717) is 6.10 Å². The van der Waals surface area contributed by atoms with Crippen LogP contribution in [-0.2, 0) is 5.41 Å². The van der Waals surface area contributed by atoms with E-state index in [2.05, 4.69) is 30.7 Å². The van der Waals surface area contributed by atoms with Gasteiger partial charge in [-0.15, -0.1) is 0 Å². The van der Waals surface area contributed by atoms with E-state index in [4.69, 9.17) is 4.74 Å². The van der Waals surface area contributed by atoms with Gasteiger partial charge < -0.3 is 9.64 Å². The molecule has 0 amide bonds. The van der Waals surface area contributed by atoms with Crippen molar-refractivity contribution < 1.29 is 4.74 Å². The summed E-state index contributed by atoms with van der Waals surface area (Å²) in [6, 6.07) is 1.98. The minimum Gasteiger partial charge on any atom is -0.488 e. The number of ether oxygens (including phenoxy) is 1. The first kappa shape index (κ1) is 12.2. The SMILES string of the molecule is CN(C)c1c(OC2CC2)ccnc1C(C)(C)C. The molecule has 3 heteroatoms. The van der Waals surface area contributed by atoms with Crippen LogP contribution in [0.5, 0.6) is 5.75 Å². The molecule has 0 bridgehead atoms. The second kappa shape index (κ2) is 4.21. The summed E-state index contributed by atoms with van der Waals surface area (Å²) in [7, 11) is 4.10. The predicted molar refractivity (Wildman–Crippen MR) is 70.9 cm³/mol. The normalized spacial score (nSPS) is 15.8. The Bertz CT molecular complexity index is 403. The maximum atomic E-state index is 5.97. The van der Waals surface area contributed by atoms with E-state index >= 15 is 0 Å². The maximum absolute atomic E-state index is 5.97. The molecule has 2 rings (SSSR count). The fourth-order valence-electron chi connectivity index (χ4n) is 1.88. The van der Waals surface area contributed by atoms with Crippen molar-refractivity contribution >= 4 is 5.69 Å². The molecule has 3 nitrogen and oxygen atoms in total. The zero-order valence-electron chi connectivity index (χ0n) is 11.4. The zero-order chi connectivity index (χ0) is 12.6. The van der Waals surface area contributed by atoms with Crippen LogP contribution in [0.1, 0.15) is 39.3 Å². The van der Waals surface area contributed by atoms with Gasteiger partial charge in [0.1, 0.15) is 11.4 Å². The topological polar surface area (TPSA) is 25.4 Å². The van der Waals surface area contributed by atoms with Gasteiger partial charge in [0, 0.05) is 31.8 Å². The Hall–Kier alpha value is -1.25. The first-order valence-corrected chi connectivity index (χ1v) is 6.23. The lowest BCUT2D eigenvalue weighted by Gasteiger charge is -2.27. The Morgan fingerprint density at radius 1 is 1.29 bits per heavy atom. The number of pyridine rings is 1. The molecule has 0 spiro atoms. The van der Waals surface area contributed by atoms with Crippen molar-refractivity contribution in [3.05, 3.63) is 18.0 Å². The lowest BCUT2D eigenvalue weighted by atomic mass is 9.90. The lowest BCUT2D eigenvalue weighted by Crippen LogP contribution is -2.22. The van der Waals surface area contributed by atoms with Gasteiger partial charge in [-0.05, 0) is 12.8 Å². The molecular weight excluding hydrogens is 212 g/mol. The molecule has 0 radical (unpaired) electrons. The molecule has 0 aliphatic heterocycles. The molecule has 1 fully saturated rings. The summed E-state index contributed by atoms with van der Waals surface area (Å²) < 4.78 is 5.97. The van der Waals surface area contributed by atoms with E-state index < -0.39 is 0 Å². The molecule has 0 unspecified atom stereocenters. The van der Waals surface area contributed by atoms with Crippen LogP contribution in [0.3, 0.4) is 0 Å². The monoisotopic (exact) mass is 234 g/mol. The standard InChI is InChI=1S/C14H22N2O/c1-14(2,3)13-12(16(4)5)11(8-9-15-13)17-10-6-7-10/h8-10H,6-7H2,1-5H3. The minimum atomic E-state index is 0.0303. The number of hydrogen-bond acceptors (Lipinski definition) is 3. The average molecular weight is 234 g/mol. The van der Waals surface area contributed by atoms with Gasteiger partial charge in [-0.1, -0.05) is 20.8 Å². The Labute approximate surface area is 104 Å². The summed E-state index contributed by atoms with van der Waals surface area (Å²) in [6.07, 6.45) is 4.63. The van der Waals surface area contributed by atoms with Crippen molar-refractivity contribution in [3.8, 4) is 5.75 Å². The smallest absolute Gasteiger partial charge is 0.146 e. The Balaban J connectivity index is 2.44. The Kier molecular flexibility index (Phi) is 3.02. The van der Waals surface area contributed by atoms with Crippen molar-refractivity contribution in [1.29, 1.82) is 0 Å². The summed E-state index contributed by atoms with van der Waals surface area (Å²) >= 11 is 0. The molecule has 1 heterocycles. The summed E-state index contributed by atoms with van der Waals surface area (Å²) in [5, 5.41) is 0. The van der Waals surface area contributed by atoms with Gasteiger partial charge in [0.25, 0.3) is 0 Å². The number of hydrogen-bond donors (Lipinski definition) is 0. The highest BCUT2D eigenvalue weighted by molar-refractivity contribution is 5.62. The summed E-state index contributed by atoms with van der Waals surface area (Å²) in [5.74, 6) is 0.970. The van der Waals surface area contributed by atoms with E-state index in [1.54, 1.807) is 0 Å². The van der Waals surface area contributed by atoms with Crippen LogP contribution in [0.2, 0.25) is 0 Å². The first-order valence-electron chi connectivity index (χ1n) is 6.23. The molecule has 1 aromatic heterocycles. The van der Waals surface area contributed by atoms with Crippen molar-refractivity contribution in [1.82, 2.24) is 4.98 Å². The maximum Gasteiger partial charge on any atom is 0.146 e. The summed E-state index contributed by atoms with van der Waals surface area (Å²) in [4.78, 5) is 6.64. The largest absolute Gasteiger partial charge is 0.488 e. The third-order valence-corrected chi connectivity index (χ3v) is 2.86. The van der Waals surface area contributed by atoms with Gasteiger partial charge in [0.05, 0.1) is 11.8 Å². The molecule has 94 valence electrons. The van der Waals surface area contributed by atoms with Crippen molar-refractivity contribution in [2.75, 3.05) is 19.0 Å². The average Bonchev–Trinajstić information content (AvgIpc) is 2.99. The van der Waals surface area contributed by atoms with Gasteiger partial charge in [0.2, 0.25) is 0 Å². The van der Waals surface area contributed by atoms with E-state index in [9.17, 15) is 0 Å². The summed E-state index contributed by atoms with van der Waals surface area (Å²) in [5.41, 5.74) is 2.25. The molecule has 1 aromatic rings. The molecule has 1 aliphatic rings. The van der Waals surface area contributed by atoms with Gasteiger partial charge in [0.15, 0.2) is 0 Å². The summed E-state index contributed by atoms with van der Waals surface area (Å²) in [6.45, 7) is 6.55. The van der Waals surface area contributed by atoms with Gasteiger partial charge in [-0.3, -0.25) is 4.98 Å². The second-order valence-electron chi connectivity index (χ2n) is 5.97. The number of rotatable bonds is 3. The highest BCUT2D eigenvalue weighted by atomic mass is 16.5. The number of aromatic nitrogens is 1. The molecule has 0 atom stereocenters. The molecular formula is C14H22N2O. The number of nitrogens with zero attached hydrogens (tertiary/aromatic N) is 2. The molecule has 0 saturated heterocycles. The molecule has 17 heavy (non-hydrogen) atoms. The molecule has 0 N–H and O–H groups in total. The van der Waals surface area contributed by atoms with Crippen LogP contribution in [0.4, 0.5) is 5.69 Å². The van der Waals surface area contributed by atoms with Crippen molar-refractivity contribution in [2.24, 2.45) is 0 Å². The quantitative estimate of drug-likeness (QED) is 0.804. The zero-order valence-corrected chi connectivity index (χ0v) is 11.4. The van der Waals surface area contributed by atoms with E-state index in [-0.39, 0.29) is 5.41 Å². The lowest BCUT2D eigenvalue weighted by molar-refractivity contribution is 0.302. The highest BCUT2D eigenvalue weighted by Crippen LogP contribution is 2.39. The van der Waals surface area contributed by atoms with Crippen molar-refractivity contribution in [3.63, 3.8) is 0 Å². The van der Waals surface area contributed by atoms with Crippen molar-refractivity contribution in [2.45, 2.75) is 45.1 Å². The van der Waals surface area contributed by atoms with Gasteiger partial charge in [-0.25, -0.2) is 0 Å². The minimum absolute atomic E-state index is 0.0303. The van der Waals surface area contributed by atoms with Crippen LogP contribution in [0, 0.1) is 0 Å². The first-order chi connectivity index (χ1) is 7.89. The van der Waals surface area contributed by atoms with Gasteiger partial charge >= 0.3 is 0 Å². The fraction of sp³-hybridized carbons (Fsp3) is 0.643. The van der Waals surface area contributed by atoms with Gasteiger partial charge in [-0.2, -0.15) is 0 Å². The number of anilines is 1. The van der Waals surface area contributed by atoms with Crippen LogP contribution in [0.25, 0.3) is 0 Å². The third-order valence-electron chi connectivity index (χ3n) is 2.86. The molecule has 1 aliphatic carbocycles.